The van der Waals surface area contributed by atoms with E-state index >= 15 is 0 Å². The van der Waals surface area contributed by atoms with Crippen molar-refractivity contribution in [2.24, 2.45) is 0 Å². The Balaban J connectivity index is 2.67. The predicted octanol–water partition coefficient (Wildman–Crippen LogP) is 1.52. The molecule has 0 atom stereocenters. The quantitative estimate of drug-likeness (QED) is 0.801. The Morgan fingerprint density at radius 3 is 2.53 bits per heavy atom. The maximum atomic E-state index is 11.3. The van der Waals surface area contributed by atoms with E-state index < -0.39 is 11.8 Å². The zero-order valence-corrected chi connectivity index (χ0v) is 9.80. The molecule has 0 heterocycles. The Bertz CT molecular complexity index is 379. The molecule has 80 valence electrons. The summed E-state index contributed by atoms with van der Waals surface area (Å²) in [4.78, 5) is 22.4. The zero-order valence-electron chi connectivity index (χ0n) is 8.21. The van der Waals surface area contributed by atoms with Crippen molar-refractivity contribution in [1.82, 2.24) is 5.32 Å². The van der Waals surface area contributed by atoms with Crippen LogP contribution in [0.2, 0.25) is 0 Å². The molecule has 0 aliphatic heterocycles. The lowest BCUT2D eigenvalue weighted by molar-refractivity contribution is -0.136. The van der Waals surface area contributed by atoms with Crippen molar-refractivity contribution in [3.63, 3.8) is 0 Å². The van der Waals surface area contributed by atoms with E-state index in [1.54, 1.807) is 25.1 Å². The van der Waals surface area contributed by atoms with Gasteiger partial charge in [-0.05, 0) is 35.0 Å². The van der Waals surface area contributed by atoms with E-state index in [0.717, 1.165) is 4.47 Å². The second kappa shape index (κ2) is 5.50. The average molecular weight is 271 g/mol. The monoisotopic (exact) mass is 270 g/mol. The van der Waals surface area contributed by atoms with Gasteiger partial charge in [0.25, 0.3) is 0 Å². The molecule has 1 aromatic rings. The predicted molar refractivity (Wildman–Crippen MR) is 61.5 cm³/mol. The highest BCUT2D eigenvalue weighted by Gasteiger charge is 2.12. The van der Waals surface area contributed by atoms with Crippen molar-refractivity contribution < 1.29 is 9.59 Å². The molecule has 0 fully saturated rings. The van der Waals surface area contributed by atoms with Crippen LogP contribution in [0.3, 0.4) is 0 Å². The number of para-hydroxylation sites is 1. The number of benzene rings is 1. The first-order valence-electron chi connectivity index (χ1n) is 4.49. The number of nitrogens with one attached hydrogen (secondary N) is 2. The number of carbonyl (C=O) groups excluding carboxylic acids is 2. The first kappa shape index (κ1) is 11.7. The van der Waals surface area contributed by atoms with Crippen molar-refractivity contribution in [1.29, 1.82) is 0 Å². The summed E-state index contributed by atoms with van der Waals surface area (Å²) in [5.41, 5.74) is 0.578. The third kappa shape index (κ3) is 3.36. The van der Waals surface area contributed by atoms with Gasteiger partial charge in [0.05, 0.1) is 5.69 Å². The second-order valence-corrected chi connectivity index (χ2v) is 3.65. The van der Waals surface area contributed by atoms with Crippen LogP contribution in [0.5, 0.6) is 0 Å². The smallest absolute Gasteiger partial charge is 0.313 e. The number of halogens is 1. The molecule has 0 radical (unpaired) electrons. The SMILES string of the molecule is CCNC(=O)C(=O)Nc1ccccc1Br. The minimum absolute atomic E-state index is 0.433. The van der Waals surface area contributed by atoms with Crippen molar-refractivity contribution >= 4 is 33.4 Å². The molecule has 0 bridgehead atoms. The molecule has 1 rings (SSSR count). The number of hydrogen-bond acceptors (Lipinski definition) is 2. The van der Waals surface area contributed by atoms with Crippen molar-refractivity contribution in [3.8, 4) is 0 Å². The van der Waals surface area contributed by atoms with Crippen molar-refractivity contribution in [3.05, 3.63) is 28.7 Å². The summed E-state index contributed by atoms with van der Waals surface area (Å²) in [6.45, 7) is 2.19. The fourth-order valence-corrected chi connectivity index (χ4v) is 1.37. The van der Waals surface area contributed by atoms with Gasteiger partial charge in [0.2, 0.25) is 0 Å². The molecular formula is C10H11BrN2O2. The number of likely N-dealkylation sites (N-methyl/N-ethyl adjacent to an activating group) is 1. The maximum Gasteiger partial charge on any atom is 0.313 e. The minimum Gasteiger partial charge on any atom is -0.348 e. The van der Waals surface area contributed by atoms with Crippen LogP contribution in [-0.2, 0) is 9.59 Å². The number of carbonyl (C=O) groups is 2. The topological polar surface area (TPSA) is 58.2 Å². The lowest BCUT2D eigenvalue weighted by Crippen LogP contribution is -2.35. The van der Waals surface area contributed by atoms with Crippen LogP contribution in [0.15, 0.2) is 28.7 Å². The van der Waals surface area contributed by atoms with Gasteiger partial charge in [-0.3, -0.25) is 9.59 Å². The fraction of sp³-hybridized carbons (Fsp3) is 0.200. The fourth-order valence-electron chi connectivity index (χ4n) is 0.982. The summed E-state index contributed by atoms with van der Waals surface area (Å²) >= 11 is 3.27. The van der Waals surface area contributed by atoms with Crippen LogP contribution >= 0.6 is 15.9 Å². The summed E-state index contributed by atoms with van der Waals surface area (Å²) in [5, 5.41) is 4.92. The average Bonchev–Trinajstić information content (AvgIpc) is 2.21. The van der Waals surface area contributed by atoms with E-state index in [-0.39, 0.29) is 0 Å². The molecule has 4 nitrogen and oxygen atoms in total. The second-order valence-electron chi connectivity index (χ2n) is 2.79. The molecule has 2 amide bonds. The van der Waals surface area contributed by atoms with Gasteiger partial charge in [0.15, 0.2) is 0 Å². The first-order chi connectivity index (χ1) is 7.15. The number of hydrogen-bond donors (Lipinski definition) is 2. The molecular weight excluding hydrogens is 260 g/mol. The molecule has 15 heavy (non-hydrogen) atoms. The summed E-state index contributed by atoms with van der Waals surface area (Å²) in [5.74, 6) is -1.29. The van der Waals surface area contributed by atoms with Gasteiger partial charge in [-0.1, -0.05) is 12.1 Å². The lowest BCUT2D eigenvalue weighted by atomic mass is 10.3. The molecule has 0 aliphatic carbocycles. The van der Waals surface area contributed by atoms with E-state index in [9.17, 15) is 9.59 Å². The highest BCUT2D eigenvalue weighted by Crippen LogP contribution is 2.20. The Hall–Kier alpha value is -1.36. The molecule has 1 aromatic carbocycles. The highest BCUT2D eigenvalue weighted by molar-refractivity contribution is 9.10. The van der Waals surface area contributed by atoms with Crippen LogP contribution in [0.1, 0.15) is 6.92 Å². The summed E-state index contributed by atoms with van der Waals surface area (Å²) < 4.78 is 0.739. The van der Waals surface area contributed by atoms with Crippen LogP contribution in [0, 0.1) is 0 Å². The van der Waals surface area contributed by atoms with E-state index in [0.29, 0.717) is 12.2 Å². The van der Waals surface area contributed by atoms with Gasteiger partial charge >= 0.3 is 11.8 Å². The van der Waals surface area contributed by atoms with Gasteiger partial charge in [-0.25, -0.2) is 0 Å². The van der Waals surface area contributed by atoms with E-state index in [1.165, 1.54) is 0 Å². The molecule has 0 saturated heterocycles. The van der Waals surface area contributed by atoms with Crippen LogP contribution < -0.4 is 10.6 Å². The lowest BCUT2D eigenvalue weighted by Gasteiger charge is -2.06. The van der Waals surface area contributed by atoms with Gasteiger partial charge in [0, 0.05) is 11.0 Å². The van der Waals surface area contributed by atoms with E-state index in [2.05, 4.69) is 26.6 Å². The normalized spacial score (nSPS) is 9.47. The minimum atomic E-state index is -0.663. The largest absolute Gasteiger partial charge is 0.348 e. The summed E-state index contributed by atoms with van der Waals surface area (Å²) in [6, 6.07) is 7.10. The van der Waals surface area contributed by atoms with Crippen molar-refractivity contribution in [2.45, 2.75) is 6.92 Å². The Kier molecular flexibility index (Phi) is 4.30. The van der Waals surface area contributed by atoms with Gasteiger partial charge < -0.3 is 10.6 Å². The number of amides is 2. The first-order valence-corrected chi connectivity index (χ1v) is 5.28. The Labute approximate surface area is 96.2 Å². The molecule has 0 spiro atoms. The molecule has 0 unspecified atom stereocenters. The van der Waals surface area contributed by atoms with Gasteiger partial charge in [-0.15, -0.1) is 0 Å². The van der Waals surface area contributed by atoms with Crippen LogP contribution in [-0.4, -0.2) is 18.4 Å². The third-order valence-electron chi connectivity index (χ3n) is 1.67. The standard InChI is InChI=1S/C10H11BrN2O2/c1-2-12-9(14)10(15)13-8-6-4-3-5-7(8)11/h3-6H,2H2,1H3,(H,12,14)(H,13,15). The molecule has 5 heteroatoms. The van der Waals surface area contributed by atoms with Crippen molar-refractivity contribution in [2.75, 3.05) is 11.9 Å². The highest BCUT2D eigenvalue weighted by atomic mass is 79.9. The van der Waals surface area contributed by atoms with Gasteiger partial charge in [0.1, 0.15) is 0 Å². The number of rotatable bonds is 2. The van der Waals surface area contributed by atoms with Crippen LogP contribution in [0.4, 0.5) is 5.69 Å². The molecule has 0 aromatic heterocycles. The van der Waals surface area contributed by atoms with Gasteiger partial charge in [-0.2, -0.15) is 0 Å². The maximum absolute atomic E-state index is 11.3. The van der Waals surface area contributed by atoms with Crippen LogP contribution in [0.25, 0.3) is 0 Å². The zero-order chi connectivity index (χ0) is 11.3. The molecule has 0 aliphatic rings. The van der Waals surface area contributed by atoms with E-state index in [1.807, 2.05) is 6.07 Å². The summed E-state index contributed by atoms with van der Waals surface area (Å²) in [6.07, 6.45) is 0. The van der Waals surface area contributed by atoms with E-state index in [4.69, 9.17) is 0 Å². The summed E-state index contributed by atoms with van der Waals surface area (Å²) in [7, 11) is 0. The Morgan fingerprint density at radius 2 is 1.93 bits per heavy atom. The Morgan fingerprint density at radius 1 is 1.27 bits per heavy atom. The number of anilines is 1. The molecule has 2 N–H and O–H groups in total. The third-order valence-corrected chi connectivity index (χ3v) is 2.36. The molecule has 0 saturated carbocycles.